The molecule has 0 heterocycles. The molecule has 0 aliphatic rings. The number of hydrogen-bond acceptors (Lipinski definition) is 2. The first-order valence-electron chi connectivity index (χ1n) is 2.66. The van der Waals surface area contributed by atoms with Crippen LogP contribution in [0, 0.1) is 0 Å². The minimum absolute atomic E-state index is 0.236. The van der Waals surface area contributed by atoms with Gasteiger partial charge in [-0.25, -0.2) is 4.79 Å². The molecule has 0 bridgehead atoms. The second-order valence-corrected chi connectivity index (χ2v) is 2.25. The van der Waals surface area contributed by atoms with Crippen molar-refractivity contribution < 1.29 is 14.6 Å². The maximum Gasteiger partial charge on any atom is 0.334 e. The SMILES string of the molecule is COC(CBr)=C(C)C(=O)O. The second-order valence-electron chi connectivity index (χ2n) is 1.69. The lowest BCUT2D eigenvalue weighted by Crippen LogP contribution is -2.03. The van der Waals surface area contributed by atoms with Gasteiger partial charge in [0.25, 0.3) is 0 Å². The number of allylic oxidation sites excluding steroid dienone is 1. The first kappa shape index (κ1) is 9.49. The molecule has 0 aromatic rings. The van der Waals surface area contributed by atoms with E-state index in [1.54, 1.807) is 0 Å². The number of hydrogen-bond donors (Lipinski definition) is 1. The quantitative estimate of drug-likeness (QED) is 0.434. The van der Waals surface area contributed by atoms with Gasteiger partial charge < -0.3 is 9.84 Å². The Morgan fingerprint density at radius 3 is 2.30 bits per heavy atom. The summed E-state index contributed by atoms with van der Waals surface area (Å²) in [5.74, 6) is -0.496. The zero-order valence-electron chi connectivity index (χ0n) is 5.85. The number of aliphatic carboxylic acids is 1. The predicted octanol–water partition coefficient (Wildman–Crippen LogP) is 1.39. The zero-order valence-corrected chi connectivity index (χ0v) is 7.43. The maximum absolute atomic E-state index is 10.3. The van der Waals surface area contributed by atoms with E-state index < -0.39 is 5.97 Å². The van der Waals surface area contributed by atoms with Gasteiger partial charge in [0, 0.05) is 0 Å². The Morgan fingerprint density at radius 1 is 1.70 bits per heavy atom. The molecule has 0 aliphatic heterocycles. The highest BCUT2D eigenvalue weighted by Gasteiger charge is 2.07. The van der Waals surface area contributed by atoms with Crippen molar-refractivity contribution in [3.05, 3.63) is 11.3 Å². The third-order valence-electron chi connectivity index (χ3n) is 1.11. The minimum atomic E-state index is -0.948. The van der Waals surface area contributed by atoms with Gasteiger partial charge in [-0.1, -0.05) is 15.9 Å². The lowest BCUT2D eigenvalue weighted by molar-refractivity contribution is -0.132. The molecular formula is C6H9BrO3. The Hall–Kier alpha value is -0.510. The van der Waals surface area contributed by atoms with Gasteiger partial charge in [0.2, 0.25) is 0 Å². The third kappa shape index (κ3) is 2.39. The number of carboxylic acids is 1. The minimum Gasteiger partial charge on any atom is -0.500 e. The third-order valence-corrected chi connectivity index (χ3v) is 1.62. The van der Waals surface area contributed by atoms with E-state index in [2.05, 4.69) is 15.9 Å². The van der Waals surface area contributed by atoms with Gasteiger partial charge >= 0.3 is 5.97 Å². The molecule has 3 nitrogen and oxygen atoms in total. The molecule has 1 N–H and O–H groups in total. The molecule has 0 atom stereocenters. The van der Waals surface area contributed by atoms with Gasteiger partial charge in [0.05, 0.1) is 18.0 Å². The summed E-state index contributed by atoms with van der Waals surface area (Å²) in [5.41, 5.74) is 0.236. The zero-order chi connectivity index (χ0) is 8.15. The number of carboxylic acid groups (broad SMARTS) is 1. The molecule has 0 spiro atoms. The predicted molar refractivity (Wildman–Crippen MR) is 41.1 cm³/mol. The van der Waals surface area contributed by atoms with Gasteiger partial charge in [-0.3, -0.25) is 0 Å². The summed E-state index contributed by atoms with van der Waals surface area (Å²) in [4.78, 5) is 10.3. The fourth-order valence-corrected chi connectivity index (χ4v) is 1.08. The van der Waals surface area contributed by atoms with Crippen molar-refractivity contribution in [2.24, 2.45) is 0 Å². The number of halogens is 1. The topological polar surface area (TPSA) is 46.5 Å². The molecule has 0 saturated heterocycles. The van der Waals surface area contributed by atoms with E-state index in [1.807, 2.05) is 0 Å². The fourth-order valence-electron chi connectivity index (χ4n) is 0.427. The summed E-state index contributed by atoms with van der Waals surface area (Å²) in [6, 6.07) is 0. The van der Waals surface area contributed by atoms with Crippen LogP contribution in [0.1, 0.15) is 6.92 Å². The van der Waals surface area contributed by atoms with Crippen molar-refractivity contribution in [2.75, 3.05) is 12.4 Å². The Kier molecular flexibility index (Phi) is 4.11. The van der Waals surface area contributed by atoms with Crippen LogP contribution in [0.15, 0.2) is 11.3 Å². The van der Waals surface area contributed by atoms with Crippen molar-refractivity contribution in [2.45, 2.75) is 6.92 Å². The van der Waals surface area contributed by atoms with E-state index >= 15 is 0 Å². The smallest absolute Gasteiger partial charge is 0.334 e. The van der Waals surface area contributed by atoms with E-state index in [1.165, 1.54) is 14.0 Å². The van der Waals surface area contributed by atoms with Crippen LogP contribution < -0.4 is 0 Å². The Labute approximate surface area is 67.8 Å². The lowest BCUT2D eigenvalue weighted by Gasteiger charge is -2.03. The van der Waals surface area contributed by atoms with Crippen molar-refractivity contribution in [3.63, 3.8) is 0 Å². The molecule has 4 heteroatoms. The maximum atomic E-state index is 10.3. The molecule has 0 unspecified atom stereocenters. The number of carbonyl (C=O) groups is 1. The number of methoxy groups -OCH3 is 1. The highest BCUT2D eigenvalue weighted by atomic mass is 79.9. The highest BCUT2D eigenvalue weighted by molar-refractivity contribution is 9.09. The van der Waals surface area contributed by atoms with Gasteiger partial charge in [0.1, 0.15) is 5.76 Å². The molecular weight excluding hydrogens is 200 g/mol. The summed E-state index contributed by atoms with van der Waals surface area (Å²) in [6.07, 6.45) is 0. The van der Waals surface area contributed by atoms with E-state index in [4.69, 9.17) is 9.84 Å². The summed E-state index contributed by atoms with van der Waals surface area (Å²) >= 11 is 3.10. The number of alkyl halides is 1. The van der Waals surface area contributed by atoms with Crippen LogP contribution in [0.25, 0.3) is 0 Å². The van der Waals surface area contributed by atoms with Crippen LogP contribution in [0.4, 0.5) is 0 Å². The Bertz CT molecular complexity index is 156. The van der Waals surface area contributed by atoms with Gasteiger partial charge in [0.15, 0.2) is 0 Å². The van der Waals surface area contributed by atoms with Crippen LogP contribution in [-0.2, 0) is 9.53 Å². The van der Waals surface area contributed by atoms with Crippen molar-refractivity contribution in [1.29, 1.82) is 0 Å². The summed E-state index contributed by atoms with van der Waals surface area (Å²) < 4.78 is 4.77. The first-order valence-corrected chi connectivity index (χ1v) is 3.78. The van der Waals surface area contributed by atoms with Gasteiger partial charge in [-0.2, -0.15) is 0 Å². The lowest BCUT2D eigenvalue weighted by atomic mass is 10.3. The molecule has 10 heavy (non-hydrogen) atoms. The van der Waals surface area contributed by atoms with Crippen molar-refractivity contribution in [1.82, 2.24) is 0 Å². The van der Waals surface area contributed by atoms with E-state index in [-0.39, 0.29) is 5.57 Å². The average Bonchev–Trinajstić information content (AvgIpc) is 1.90. The van der Waals surface area contributed by atoms with E-state index in [0.29, 0.717) is 11.1 Å². The molecule has 0 radical (unpaired) electrons. The molecule has 0 fully saturated rings. The standard InChI is InChI=1S/C6H9BrO3/c1-4(6(8)9)5(3-7)10-2/h3H2,1-2H3,(H,8,9). The van der Waals surface area contributed by atoms with Crippen LogP contribution >= 0.6 is 15.9 Å². The normalized spacial score (nSPS) is 12.3. The van der Waals surface area contributed by atoms with Crippen LogP contribution in [0.2, 0.25) is 0 Å². The van der Waals surface area contributed by atoms with Crippen molar-refractivity contribution in [3.8, 4) is 0 Å². The molecule has 0 saturated carbocycles. The Morgan fingerprint density at radius 2 is 2.20 bits per heavy atom. The molecule has 0 aliphatic carbocycles. The van der Waals surface area contributed by atoms with Gasteiger partial charge in [-0.15, -0.1) is 0 Å². The molecule has 0 rings (SSSR count). The second kappa shape index (κ2) is 4.33. The van der Waals surface area contributed by atoms with Gasteiger partial charge in [-0.05, 0) is 6.92 Å². The number of rotatable bonds is 3. The Balaban J connectivity index is 4.43. The summed E-state index contributed by atoms with van der Waals surface area (Å²) in [5, 5.41) is 8.89. The number of ether oxygens (including phenoxy) is 1. The molecule has 0 aromatic heterocycles. The van der Waals surface area contributed by atoms with E-state index in [0.717, 1.165) is 0 Å². The first-order chi connectivity index (χ1) is 4.63. The molecule has 0 amide bonds. The van der Waals surface area contributed by atoms with Crippen LogP contribution in [0.3, 0.4) is 0 Å². The molecule has 58 valence electrons. The average molecular weight is 209 g/mol. The summed E-state index contributed by atoms with van der Waals surface area (Å²) in [6.45, 7) is 1.50. The summed E-state index contributed by atoms with van der Waals surface area (Å²) in [7, 11) is 1.45. The van der Waals surface area contributed by atoms with Crippen LogP contribution in [0.5, 0.6) is 0 Å². The van der Waals surface area contributed by atoms with Crippen molar-refractivity contribution >= 4 is 21.9 Å². The van der Waals surface area contributed by atoms with E-state index in [9.17, 15) is 4.79 Å². The monoisotopic (exact) mass is 208 g/mol. The fraction of sp³-hybridized carbons (Fsp3) is 0.500. The highest BCUT2D eigenvalue weighted by Crippen LogP contribution is 2.07. The van der Waals surface area contributed by atoms with Crippen LogP contribution in [-0.4, -0.2) is 23.5 Å². The molecule has 0 aromatic carbocycles. The largest absolute Gasteiger partial charge is 0.500 e.